The van der Waals surface area contributed by atoms with Crippen LogP contribution in [0.4, 0.5) is 0 Å². The van der Waals surface area contributed by atoms with Crippen LogP contribution in [-0.2, 0) is 19.7 Å². The number of hydrogen-bond donors (Lipinski definition) is 1. The van der Waals surface area contributed by atoms with Gasteiger partial charge in [-0.25, -0.2) is 0 Å². The lowest BCUT2D eigenvalue weighted by molar-refractivity contribution is -0.113. The minimum absolute atomic E-state index is 0.364. The van der Waals surface area contributed by atoms with Crippen molar-refractivity contribution in [2.45, 2.75) is 71.0 Å². The second-order valence-corrected chi connectivity index (χ2v) is 8.69. The van der Waals surface area contributed by atoms with Crippen molar-refractivity contribution < 1.29 is 17.8 Å². The molecule has 0 unspecified atom stereocenters. The highest BCUT2D eigenvalue weighted by Crippen LogP contribution is 2.47. The SMILES string of the molecule is CCCC[C@@H](C=O)[C@](c1ccc(C)cc1)([C@@H](C)CCCC)S(=O)(=O)O. The molecular formula is C20H32O4S. The third-order valence-electron chi connectivity index (χ3n) is 5.24. The van der Waals surface area contributed by atoms with Gasteiger partial charge in [-0.15, -0.1) is 0 Å². The number of carbonyl (C=O) groups is 1. The van der Waals surface area contributed by atoms with Gasteiger partial charge in [0.05, 0.1) is 0 Å². The molecule has 0 aliphatic heterocycles. The molecule has 4 nitrogen and oxygen atoms in total. The molecule has 0 fully saturated rings. The summed E-state index contributed by atoms with van der Waals surface area (Å²) in [5.41, 5.74) is 1.52. The fourth-order valence-electron chi connectivity index (χ4n) is 3.80. The third-order valence-corrected chi connectivity index (χ3v) is 7.03. The zero-order chi connectivity index (χ0) is 19.1. The van der Waals surface area contributed by atoms with Crippen molar-refractivity contribution in [1.82, 2.24) is 0 Å². The topological polar surface area (TPSA) is 71.4 Å². The summed E-state index contributed by atoms with van der Waals surface area (Å²) >= 11 is 0. The van der Waals surface area contributed by atoms with Gasteiger partial charge in [0.2, 0.25) is 0 Å². The van der Waals surface area contributed by atoms with Crippen LogP contribution in [0, 0.1) is 18.8 Å². The number of carbonyl (C=O) groups excluding carboxylic acids is 1. The molecule has 5 heteroatoms. The number of rotatable bonds is 11. The zero-order valence-electron chi connectivity index (χ0n) is 15.9. The molecule has 0 saturated heterocycles. The number of aryl methyl sites for hydroxylation is 1. The molecule has 0 spiro atoms. The Morgan fingerprint density at radius 2 is 1.60 bits per heavy atom. The monoisotopic (exact) mass is 368 g/mol. The molecule has 0 radical (unpaired) electrons. The van der Waals surface area contributed by atoms with Crippen LogP contribution in [0.2, 0.25) is 0 Å². The van der Waals surface area contributed by atoms with E-state index in [0.717, 1.165) is 37.5 Å². The first kappa shape index (κ1) is 21.8. The molecule has 1 aromatic carbocycles. The molecule has 25 heavy (non-hydrogen) atoms. The Bertz CT molecular complexity index is 636. The molecule has 0 aliphatic rings. The van der Waals surface area contributed by atoms with Crippen LogP contribution >= 0.6 is 0 Å². The van der Waals surface area contributed by atoms with E-state index in [4.69, 9.17) is 0 Å². The van der Waals surface area contributed by atoms with Crippen LogP contribution in [0.3, 0.4) is 0 Å². The van der Waals surface area contributed by atoms with Crippen molar-refractivity contribution in [3.63, 3.8) is 0 Å². The number of benzene rings is 1. The quantitative estimate of drug-likeness (QED) is 0.445. The smallest absolute Gasteiger partial charge is 0.275 e. The van der Waals surface area contributed by atoms with Crippen LogP contribution in [0.5, 0.6) is 0 Å². The molecular weight excluding hydrogens is 336 g/mol. The summed E-state index contributed by atoms with van der Waals surface area (Å²) < 4.78 is 34.2. The first-order valence-electron chi connectivity index (χ1n) is 9.25. The lowest BCUT2D eigenvalue weighted by Crippen LogP contribution is -2.49. The van der Waals surface area contributed by atoms with Gasteiger partial charge in [0.1, 0.15) is 11.0 Å². The standard InChI is InChI=1S/C20H32O4S/c1-5-7-9-17(4)20(25(22,23)24,19(15-21)10-8-6-2)18-13-11-16(3)12-14-18/h11-15,17,19H,5-10H2,1-4H3,(H,22,23,24)/t17-,19-,20+/m0/s1. The van der Waals surface area contributed by atoms with Gasteiger partial charge in [-0.3, -0.25) is 4.55 Å². The van der Waals surface area contributed by atoms with Crippen molar-refractivity contribution in [2.75, 3.05) is 0 Å². The van der Waals surface area contributed by atoms with Gasteiger partial charge in [0.25, 0.3) is 10.1 Å². The van der Waals surface area contributed by atoms with E-state index in [2.05, 4.69) is 0 Å². The summed E-state index contributed by atoms with van der Waals surface area (Å²) in [6.45, 7) is 7.81. The van der Waals surface area contributed by atoms with E-state index in [1.807, 2.05) is 39.8 Å². The van der Waals surface area contributed by atoms with Gasteiger partial charge in [-0.1, -0.05) is 76.3 Å². The highest BCUT2D eigenvalue weighted by atomic mass is 32.2. The molecule has 1 N–H and O–H groups in total. The van der Waals surface area contributed by atoms with Gasteiger partial charge in [-0.05, 0) is 31.2 Å². The van der Waals surface area contributed by atoms with E-state index in [1.54, 1.807) is 12.1 Å². The van der Waals surface area contributed by atoms with Gasteiger partial charge in [0.15, 0.2) is 0 Å². The Balaban J connectivity index is 3.63. The number of hydrogen-bond acceptors (Lipinski definition) is 3. The van der Waals surface area contributed by atoms with Crippen molar-refractivity contribution in [3.8, 4) is 0 Å². The Hall–Kier alpha value is -1.20. The fourth-order valence-corrected chi connectivity index (χ4v) is 5.42. The average molecular weight is 369 g/mol. The second kappa shape index (κ2) is 9.48. The summed E-state index contributed by atoms with van der Waals surface area (Å²) in [4.78, 5) is 11.9. The van der Waals surface area contributed by atoms with Gasteiger partial charge >= 0.3 is 0 Å². The third kappa shape index (κ3) is 4.70. The molecule has 0 amide bonds. The minimum atomic E-state index is -4.50. The molecule has 0 aromatic heterocycles. The molecule has 0 saturated carbocycles. The summed E-state index contributed by atoms with van der Waals surface area (Å²) in [7, 11) is -4.50. The second-order valence-electron chi connectivity index (χ2n) is 7.06. The Morgan fingerprint density at radius 3 is 2.04 bits per heavy atom. The fraction of sp³-hybridized carbons (Fsp3) is 0.650. The van der Waals surface area contributed by atoms with Crippen LogP contribution in [0.25, 0.3) is 0 Å². The van der Waals surface area contributed by atoms with Crippen molar-refractivity contribution in [1.29, 1.82) is 0 Å². The van der Waals surface area contributed by atoms with Gasteiger partial charge in [-0.2, -0.15) is 8.42 Å². The van der Waals surface area contributed by atoms with Crippen LogP contribution in [-0.4, -0.2) is 19.3 Å². The maximum atomic E-state index is 12.7. The molecule has 0 heterocycles. The lowest BCUT2D eigenvalue weighted by Gasteiger charge is -2.41. The lowest BCUT2D eigenvalue weighted by atomic mass is 9.73. The first-order chi connectivity index (χ1) is 11.7. The molecule has 3 atom stereocenters. The summed E-state index contributed by atoms with van der Waals surface area (Å²) in [6, 6.07) is 7.16. The van der Waals surface area contributed by atoms with Crippen LogP contribution in [0.15, 0.2) is 24.3 Å². The van der Waals surface area contributed by atoms with Crippen molar-refractivity contribution in [3.05, 3.63) is 35.4 Å². The van der Waals surface area contributed by atoms with Crippen LogP contribution in [0.1, 0.15) is 70.4 Å². The summed E-state index contributed by atoms with van der Waals surface area (Å²) in [5.74, 6) is -1.13. The van der Waals surface area contributed by atoms with Gasteiger partial charge < -0.3 is 4.79 Å². The molecule has 0 aliphatic carbocycles. The van der Waals surface area contributed by atoms with E-state index in [1.165, 1.54) is 0 Å². The maximum absolute atomic E-state index is 12.7. The van der Waals surface area contributed by atoms with E-state index < -0.39 is 20.8 Å². The Labute approximate surface area is 152 Å². The maximum Gasteiger partial charge on any atom is 0.275 e. The van der Waals surface area contributed by atoms with Gasteiger partial charge in [0, 0.05) is 5.92 Å². The Morgan fingerprint density at radius 1 is 1.08 bits per heavy atom. The van der Waals surface area contributed by atoms with E-state index in [-0.39, 0.29) is 5.92 Å². The zero-order valence-corrected chi connectivity index (χ0v) is 16.7. The normalized spacial score (nSPS) is 16.8. The minimum Gasteiger partial charge on any atom is -0.303 e. The van der Waals surface area contributed by atoms with E-state index in [9.17, 15) is 17.8 Å². The molecule has 1 rings (SSSR count). The van der Waals surface area contributed by atoms with Crippen LogP contribution < -0.4 is 0 Å². The highest BCUT2D eigenvalue weighted by molar-refractivity contribution is 7.86. The predicted octanol–water partition coefficient (Wildman–Crippen LogP) is 4.91. The Kier molecular flexibility index (Phi) is 8.29. The van der Waals surface area contributed by atoms with Crippen molar-refractivity contribution >= 4 is 16.4 Å². The average Bonchev–Trinajstić information content (AvgIpc) is 2.56. The number of unbranched alkanes of at least 4 members (excludes halogenated alkanes) is 2. The number of aldehydes is 1. The highest BCUT2D eigenvalue weighted by Gasteiger charge is 2.54. The molecule has 0 bridgehead atoms. The molecule has 142 valence electrons. The summed E-state index contributed by atoms with van der Waals surface area (Å²) in [5, 5.41) is 0. The molecule has 1 aromatic rings. The largest absolute Gasteiger partial charge is 0.303 e. The summed E-state index contributed by atoms with van der Waals surface area (Å²) in [6.07, 6.45) is 5.21. The van der Waals surface area contributed by atoms with Crippen molar-refractivity contribution in [2.24, 2.45) is 11.8 Å². The first-order valence-corrected chi connectivity index (χ1v) is 10.7. The predicted molar refractivity (Wildman–Crippen MR) is 102 cm³/mol. The van der Waals surface area contributed by atoms with E-state index in [0.29, 0.717) is 18.4 Å². The van der Waals surface area contributed by atoms with E-state index >= 15 is 0 Å².